The maximum absolute atomic E-state index is 13.4. The molecule has 0 radical (unpaired) electrons. The van der Waals surface area contributed by atoms with Gasteiger partial charge in [-0.3, -0.25) is 4.57 Å². The number of benzene rings is 3. The monoisotopic (exact) mass is 501 g/mol. The predicted molar refractivity (Wildman–Crippen MR) is 126 cm³/mol. The molecule has 1 heterocycles. The zero-order valence-corrected chi connectivity index (χ0v) is 19.8. The number of rotatable bonds is 9. The van der Waals surface area contributed by atoms with Crippen LogP contribution in [0, 0.1) is 0 Å². The Hall–Kier alpha value is -3.66. The van der Waals surface area contributed by atoms with E-state index in [9.17, 15) is 13.2 Å². The summed E-state index contributed by atoms with van der Waals surface area (Å²) < 4.78 is 57.9. The van der Waals surface area contributed by atoms with Crippen LogP contribution in [-0.4, -0.2) is 29.0 Å². The number of ether oxygens (including phenoxy) is 3. The lowest BCUT2D eigenvalue weighted by molar-refractivity contribution is -0.137. The summed E-state index contributed by atoms with van der Waals surface area (Å²) >= 11 is 1.36. The van der Waals surface area contributed by atoms with Gasteiger partial charge < -0.3 is 14.2 Å². The van der Waals surface area contributed by atoms with Gasteiger partial charge in [0.2, 0.25) is 0 Å². The second kappa shape index (κ2) is 10.7. The Morgan fingerprint density at radius 3 is 2.09 bits per heavy atom. The first-order valence-corrected chi connectivity index (χ1v) is 11.5. The molecular weight excluding hydrogens is 479 g/mol. The first-order chi connectivity index (χ1) is 16.9. The van der Waals surface area contributed by atoms with Crippen molar-refractivity contribution in [2.24, 2.45) is 0 Å². The number of methoxy groups -OCH3 is 2. The molecule has 0 bridgehead atoms. The maximum Gasteiger partial charge on any atom is 0.416 e. The number of nitrogens with zero attached hydrogens (tertiary/aromatic N) is 3. The molecule has 0 aliphatic rings. The van der Waals surface area contributed by atoms with E-state index in [4.69, 9.17) is 14.2 Å². The first-order valence-electron chi connectivity index (χ1n) is 10.5. The summed E-state index contributed by atoms with van der Waals surface area (Å²) in [5, 5.41) is 8.91. The van der Waals surface area contributed by atoms with E-state index in [2.05, 4.69) is 10.2 Å². The number of aromatic nitrogens is 3. The van der Waals surface area contributed by atoms with Gasteiger partial charge in [-0.05, 0) is 60.2 Å². The van der Waals surface area contributed by atoms with Gasteiger partial charge in [-0.1, -0.05) is 30.0 Å². The summed E-state index contributed by atoms with van der Waals surface area (Å²) in [6.07, 6.45) is -4.47. The Bertz CT molecular complexity index is 1190. The molecule has 10 heteroatoms. The van der Waals surface area contributed by atoms with Crippen molar-refractivity contribution >= 4 is 11.8 Å². The average molecular weight is 502 g/mol. The van der Waals surface area contributed by atoms with Gasteiger partial charge >= 0.3 is 6.18 Å². The summed E-state index contributed by atoms with van der Waals surface area (Å²) in [6.45, 7) is 0.0126. The fourth-order valence-electron chi connectivity index (χ4n) is 3.26. The van der Waals surface area contributed by atoms with Crippen molar-refractivity contribution in [1.82, 2.24) is 14.8 Å². The number of thioether (sulfide) groups is 1. The molecule has 0 N–H and O–H groups in total. The van der Waals surface area contributed by atoms with E-state index in [0.29, 0.717) is 33.9 Å². The summed E-state index contributed by atoms with van der Waals surface area (Å²) in [4.78, 5) is 0. The van der Waals surface area contributed by atoms with E-state index < -0.39 is 11.7 Å². The average Bonchev–Trinajstić information content (AvgIpc) is 3.29. The fourth-order valence-corrected chi connectivity index (χ4v) is 4.18. The molecule has 0 fully saturated rings. The van der Waals surface area contributed by atoms with Crippen molar-refractivity contribution in [3.8, 4) is 22.9 Å². The maximum atomic E-state index is 13.4. The van der Waals surface area contributed by atoms with Crippen molar-refractivity contribution in [3.05, 3.63) is 89.7 Å². The summed E-state index contributed by atoms with van der Waals surface area (Å²) in [6, 6.07) is 19.6. The Morgan fingerprint density at radius 1 is 0.829 bits per heavy atom. The molecule has 1 aromatic heterocycles. The van der Waals surface area contributed by atoms with Gasteiger partial charge in [0.1, 0.15) is 23.9 Å². The Balaban J connectivity index is 1.62. The molecule has 4 aromatic rings. The summed E-state index contributed by atoms with van der Waals surface area (Å²) in [5.74, 6) is 2.90. The van der Waals surface area contributed by atoms with Crippen molar-refractivity contribution < 1.29 is 27.4 Å². The van der Waals surface area contributed by atoms with E-state index in [1.165, 1.54) is 17.8 Å². The van der Waals surface area contributed by atoms with Gasteiger partial charge in [0, 0.05) is 5.75 Å². The molecule has 4 rings (SSSR count). The molecule has 0 atom stereocenters. The standard InChI is InChI=1S/C25H22F3N3O3S/c1-32-20-8-6-17(7-9-20)16-35-24-30-29-23(15-34-22-12-10-21(33-2)11-13-22)31(24)19-5-3-4-18(14-19)25(26,27)28/h3-14H,15-16H2,1-2H3. The zero-order chi connectivity index (χ0) is 24.8. The first kappa shape index (κ1) is 24.5. The highest BCUT2D eigenvalue weighted by atomic mass is 32.2. The molecule has 6 nitrogen and oxygen atoms in total. The van der Waals surface area contributed by atoms with Gasteiger partial charge in [0.05, 0.1) is 25.5 Å². The van der Waals surface area contributed by atoms with Crippen molar-refractivity contribution in [2.45, 2.75) is 23.7 Å². The molecule has 0 unspecified atom stereocenters. The minimum atomic E-state index is -4.47. The van der Waals surface area contributed by atoms with Gasteiger partial charge in [0.15, 0.2) is 11.0 Å². The Kier molecular flexibility index (Phi) is 7.50. The van der Waals surface area contributed by atoms with Crippen LogP contribution in [0.4, 0.5) is 13.2 Å². The number of alkyl halides is 3. The molecule has 0 saturated heterocycles. The zero-order valence-electron chi connectivity index (χ0n) is 19.0. The molecule has 0 amide bonds. The van der Waals surface area contributed by atoms with E-state index in [1.54, 1.807) is 49.1 Å². The predicted octanol–water partition coefficient (Wildman–Crippen LogP) is 6.17. The minimum absolute atomic E-state index is 0.0126. The van der Waals surface area contributed by atoms with E-state index in [1.807, 2.05) is 24.3 Å². The second-order valence-corrected chi connectivity index (χ2v) is 8.33. The van der Waals surface area contributed by atoms with Crippen molar-refractivity contribution in [1.29, 1.82) is 0 Å². The lowest BCUT2D eigenvalue weighted by Crippen LogP contribution is -2.09. The normalized spacial score (nSPS) is 11.3. The largest absolute Gasteiger partial charge is 0.497 e. The third-order valence-electron chi connectivity index (χ3n) is 5.09. The molecular formula is C25H22F3N3O3S. The quantitative estimate of drug-likeness (QED) is 0.256. The smallest absolute Gasteiger partial charge is 0.416 e. The van der Waals surface area contributed by atoms with Gasteiger partial charge in [0.25, 0.3) is 0 Å². The number of halogens is 3. The minimum Gasteiger partial charge on any atom is -0.497 e. The van der Waals surface area contributed by atoms with Gasteiger partial charge in [-0.25, -0.2) is 0 Å². The highest BCUT2D eigenvalue weighted by Gasteiger charge is 2.31. The molecule has 182 valence electrons. The van der Waals surface area contributed by atoms with Crippen LogP contribution in [0.5, 0.6) is 17.2 Å². The van der Waals surface area contributed by atoms with Crippen LogP contribution in [0.3, 0.4) is 0 Å². The molecule has 0 aliphatic heterocycles. The third-order valence-corrected chi connectivity index (χ3v) is 6.09. The van der Waals surface area contributed by atoms with Crippen molar-refractivity contribution in [3.63, 3.8) is 0 Å². The van der Waals surface area contributed by atoms with Crippen LogP contribution in [0.15, 0.2) is 78.0 Å². The van der Waals surface area contributed by atoms with Crippen LogP contribution in [0.1, 0.15) is 17.0 Å². The lowest BCUT2D eigenvalue weighted by atomic mass is 10.2. The van der Waals surface area contributed by atoms with Crippen LogP contribution in [0.2, 0.25) is 0 Å². The Labute approximate surface area is 204 Å². The number of hydrogen-bond donors (Lipinski definition) is 0. The molecule has 35 heavy (non-hydrogen) atoms. The van der Waals surface area contributed by atoms with Crippen molar-refractivity contribution in [2.75, 3.05) is 14.2 Å². The molecule has 0 aliphatic carbocycles. The summed E-state index contributed by atoms with van der Waals surface area (Å²) in [7, 11) is 3.16. The second-order valence-electron chi connectivity index (χ2n) is 7.38. The third kappa shape index (κ3) is 6.07. The molecule has 0 saturated carbocycles. The van der Waals surface area contributed by atoms with E-state index in [-0.39, 0.29) is 6.61 Å². The summed E-state index contributed by atoms with van der Waals surface area (Å²) in [5.41, 5.74) is 0.553. The Morgan fingerprint density at radius 2 is 1.46 bits per heavy atom. The SMILES string of the molecule is COc1ccc(CSc2nnc(COc3ccc(OC)cc3)n2-c2cccc(C(F)(F)F)c2)cc1. The van der Waals surface area contributed by atoms with E-state index in [0.717, 1.165) is 23.4 Å². The highest BCUT2D eigenvalue weighted by Crippen LogP contribution is 2.32. The van der Waals surface area contributed by atoms with Crippen LogP contribution < -0.4 is 14.2 Å². The van der Waals surface area contributed by atoms with Crippen LogP contribution in [0.25, 0.3) is 5.69 Å². The highest BCUT2D eigenvalue weighted by molar-refractivity contribution is 7.98. The lowest BCUT2D eigenvalue weighted by Gasteiger charge is -2.14. The number of hydrogen-bond acceptors (Lipinski definition) is 6. The van der Waals surface area contributed by atoms with Crippen LogP contribution >= 0.6 is 11.8 Å². The van der Waals surface area contributed by atoms with Crippen LogP contribution in [-0.2, 0) is 18.5 Å². The van der Waals surface area contributed by atoms with Gasteiger partial charge in [-0.15, -0.1) is 10.2 Å². The van der Waals surface area contributed by atoms with E-state index >= 15 is 0 Å². The topological polar surface area (TPSA) is 58.4 Å². The molecule has 0 spiro atoms. The molecule has 3 aromatic carbocycles. The fraction of sp³-hybridized carbons (Fsp3) is 0.200. The van der Waals surface area contributed by atoms with Gasteiger partial charge in [-0.2, -0.15) is 13.2 Å².